The van der Waals surface area contributed by atoms with Gasteiger partial charge in [-0.25, -0.2) is 0 Å². The molecule has 1 aromatic rings. The fourth-order valence-corrected chi connectivity index (χ4v) is 2.94. The molecule has 0 radical (unpaired) electrons. The number of carbonyl (C=O) groups excluding carboxylic acids is 1. The number of amides is 1. The van der Waals surface area contributed by atoms with Crippen LogP contribution in [0.4, 0.5) is 0 Å². The Balaban J connectivity index is 2.38. The van der Waals surface area contributed by atoms with Crippen molar-refractivity contribution in [2.24, 2.45) is 11.8 Å². The van der Waals surface area contributed by atoms with Gasteiger partial charge in [-0.05, 0) is 19.3 Å². The van der Waals surface area contributed by atoms with E-state index in [2.05, 4.69) is 5.10 Å². The zero-order valence-electron chi connectivity index (χ0n) is 12.8. The van der Waals surface area contributed by atoms with Gasteiger partial charge in [0.25, 0.3) is 0 Å². The predicted octanol–water partition coefficient (Wildman–Crippen LogP) is 1.92. The molecule has 2 atom stereocenters. The van der Waals surface area contributed by atoms with Crippen molar-refractivity contribution in [3.8, 4) is 0 Å². The van der Waals surface area contributed by atoms with Crippen molar-refractivity contribution in [1.29, 1.82) is 0 Å². The Morgan fingerprint density at radius 2 is 2.24 bits per heavy atom. The number of carboxylic acid groups (broad SMARTS) is 1. The number of nitrogens with zero attached hydrogens (tertiary/aromatic N) is 3. The lowest BCUT2D eigenvalue weighted by atomic mass is 9.85. The molecule has 0 spiro atoms. The lowest BCUT2D eigenvalue weighted by Crippen LogP contribution is -2.46. The molecule has 21 heavy (non-hydrogen) atoms. The number of rotatable bonds is 5. The van der Waals surface area contributed by atoms with Crippen molar-refractivity contribution in [2.75, 3.05) is 6.54 Å². The van der Waals surface area contributed by atoms with Gasteiger partial charge in [-0.2, -0.15) is 5.10 Å². The molecule has 116 valence electrons. The van der Waals surface area contributed by atoms with Gasteiger partial charge >= 0.3 is 5.97 Å². The minimum absolute atomic E-state index is 0.0375. The Bertz CT molecular complexity index is 524. The summed E-state index contributed by atoms with van der Waals surface area (Å²) in [6.45, 7) is 7.34. The molecule has 1 aromatic heterocycles. The number of carbonyl (C=O) groups is 2. The molecule has 2 heterocycles. The zero-order valence-corrected chi connectivity index (χ0v) is 12.8. The second-order valence-electron chi connectivity index (χ2n) is 6.00. The number of hydrogen-bond donors (Lipinski definition) is 1. The van der Waals surface area contributed by atoms with E-state index >= 15 is 0 Å². The summed E-state index contributed by atoms with van der Waals surface area (Å²) in [5, 5.41) is 13.7. The lowest BCUT2D eigenvalue weighted by molar-refractivity contribution is -0.152. The Hall–Kier alpha value is -1.85. The molecule has 0 aromatic carbocycles. The zero-order chi connectivity index (χ0) is 15.6. The number of carboxylic acids is 1. The summed E-state index contributed by atoms with van der Waals surface area (Å²) in [6, 6.07) is -0.411. The van der Waals surface area contributed by atoms with Crippen LogP contribution in [0.1, 0.15) is 45.2 Å². The van der Waals surface area contributed by atoms with Gasteiger partial charge < -0.3 is 10.0 Å². The van der Waals surface area contributed by atoms with Crippen molar-refractivity contribution >= 4 is 11.9 Å². The quantitative estimate of drug-likeness (QED) is 0.900. The fourth-order valence-electron chi connectivity index (χ4n) is 2.94. The summed E-state index contributed by atoms with van der Waals surface area (Å²) >= 11 is 0. The van der Waals surface area contributed by atoms with E-state index in [-0.39, 0.29) is 5.91 Å². The first-order valence-electron chi connectivity index (χ1n) is 7.48. The van der Waals surface area contributed by atoms with Gasteiger partial charge in [0, 0.05) is 31.3 Å². The number of likely N-dealkylation sites (tertiary alicyclic amines) is 1. The normalized spacial score (nSPS) is 22.9. The van der Waals surface area contributed by atoms with Crippen LogP contribution in [0.2, 0.25) is 0 Å². The van der Waals surface area contributed by atoms with E-state index in [1.165, 1.54) is 0 Å². The first-order valence-corrected chi connectivity index (χ1v) is 7.48. The SMILES string of the molecule is CCn1cc(C2C(C(=O)O)CCC(=O)N2CC(C)C)cn1. The van der Waals surface area contributed by atoms with Gasteiger partial charge in [-0.1, -0.05) is 13.8 Å². The number of piperidine rings is 1. The van der Waals surface area contributed by atoms with Gasteiger partial charge in [-0.15, -0.1) is 0 Å². The summed E-state index contributed by atoms with van der Waals surface area (Å²) in [5.74, 6) is -1.07. The summed E-state index contributed by atoms with van der Waals surface area (Å²) in [5.41, 5.74) is 0.818. The van der Waals surface area contributed by atoms with Crippen LogP contribution in [0.15, 0.2) is 12.4 Å². The highest BCUT2D eigenvalue weighted by molar-refractivity contribution is 5.81. The minimum atomic E-state index is -0.842. The second-order valence-corrected chi connectivity index (χ2v) is 6.00. The van der Waals surface area contributed by atoms with Crippen LogP contribution in [0.5, 0.6) is 0 Å². The van der Waals surface area contributed by atoms with Crippen molar-refractivity contribution in [3.63, 3.8) is 0 Å². The first kappa shape index (κ1) is 15.5. The molecular formula is C15H23N3O3. The Kier molecular flexibility index (Phi) is 4.65. The van der Waals surface area contributed by atoms with E-state index in [0.717, 1.165) is 12.1 Å². The highest BCUT2D eigenvalue weighted by atomic mass is 16.4. The number of aliphatic carboxylic acids is 1. The Morgan fingerprint density at radius 3 is 2.76 bits per heavy atom. The molecule has 0 saturated carbocycles. The predicted molar refractivity (Wildman–Crippen MR) is 77.6 cm³/mol. The van der Waals surface area contributed by atoms with Gasteiger partial charge in [0.15, 0.2) is 0 Å². The van der Waals surface area contributed by atoms with E-state index in [1.54, 1.807) is 15.8 Å². The van der Waals surface area contributed by atoms with Crippen molar-refractivity contribution < 1.29 is 14.7 Å². The lowest BCUT2D eigenvalue weighted by Gasteiger charge is -2.40. The maximum atomic E-state index is 12.3. The Labute approximate surface area is 124 Å². The third-order valence-corrected chi connectivity index (χ3v) is 3.90. The molecule has 1 saturated heterocycles. The third-order valence-electron chi connectivity index (χ3n) is 3.90. The number of aryl methyl sites for hydroxylation is 1. The molecule has 1 fully saturated rings. The van der Waals surface area contributed by atoms with Gasteiger partial charge in [0.2, 0.25) is 5.91 Å². The summed E-state index contributed by atoms with van der Waals surface area (Å²) in [7, 11) is 0. The van der Waals surface area contributed by atoms with Gasteiger partial charge in [0.05, 0.1) is 18.2 Å². The van der Waals surface area contributed by atoms with E-state index in [0.29, 0.717) is 25.3 Å². The van der Waals surface area contributed by atoms with Crippen LogP contribution in [0.3, 0.4) is 0 Å². The molecule has 1 aliphatic heterocycles. The smallest absolute Gasteiger partial charge is 0.308 e. The molecule has 0 bridgehead atoms. The molecule has 2 unspecified atom stereocenters. The van der Waals surface area contributed by atoms with Crippen LogP contribution >= 0.6 is 0 Å². The molecule has 1 N–H and O–H groups in total. The van der Waals surface area contributed by atoms with Crippen molar-refractivity contribution in [1.82, 2.24) is 14.7 Å². The summed E-state index contributed by atoms with van der Waals surface area (Å²) in [6.07, 6.45) is 4.25. The average molecular weight is 293 g/mol. The number of hydrogen-bond acceptors (Lipinski definition) is 3. The minimum Gasteiger partial charge on any atom is -0.481 e. The van der Waals surface area contributed by atoms with Crippen LogP contribution in [0, 0.1) is 11.8 Å². The maximum Gasteiger partial charge on any atom is 0.308 e. The first-order chi connectivity index (χ1) is 9.93. The highest BCUT2D eigenvalue weighted by Gasteiger charge is 2.41. The van der Waals surface area contributed by atoms with Crippen molar-refractivity contribution in [2.45, 2.75) is 46.2 Å². The Morgan fingerprint density at radius 1 is 1.52 bits per heavy atom. The standard InChI is InChI=1S/C15H23N3O3/c1-4-17-9-11(7-16-17)14-12(15(20)21)5-6-13(19)18(14)8-10(2)3/h7,9-10,12,14H,4-6,8H2,1-3H3,(H,20,21). The average Bonchev–Trinajstić information content (AvgIpc) is 2.88. The summed E-state index contributed by atoms with van der Waals surface area (Å²) < 4.78 is 1.76. The molecule has 2 rings (SSSR count). The van der Waals surface area contributed by atoms with Crippen LogP contribution in [-0.4, -0.2) is 38.2 Å². The molecule has 6 heteroatoms. The second kappa shape index (κ2) is 6.28. The third kappa shape index (κ3) is 3.25. The molecule has 1 aliphatic rings. The largest absolute Gasteiger partial charge is 0.481 e. The van der Waals surface area contributed by atoms with Gasteiger partial charge in [0.1, 0.15) is 0 Å². The summed E-state index contributed by atoms with van der Waals surface area (Å²) in [4.78, 5) is 25.6. The molecular weight excluding hydrogens is 270 g/mol. The van der Waals surface area contributed by atoms with E-state index in [1.807, 2.05) is 27.0 Å². The van der Waals surface area contributed by atoms with Crippen LogP contribution in [-0.2, 0) is 16.1 Å². The van der Waals surface area contributed by atoms with E-state index in [9.17, 15) is 14.7 Å². The molecule has 6 nitrogen and oxygen atoms in total. The maximum absolute atomic E-state index is 12.3. The van der Waals surface area contributed by atoms with Crippen LogP contribution in [0.25, 0.3) is 0 Å². The van der Waals surface area contributed by atoms with E-state index in [4.69, 9.17) is 0 Å². The molecule has 1 amide bonds. The van der Waals surface area contributed by atoms with E-state index < -0.39 is 17.9 Å². The van der Waals surface area contributed by atoms with Crippen molar-refractivity contribution in [3.05, 3.63) is 18.0 Å². The fraction of sp³-hybridized carbons (Fsp3) is 0.667. The topological polar surface area (TPSA) is 75.4 Å². The van der Waals surface area contributed by atoms with Gasteiger partial charge in [-0.3, -0.25) is 14.3 Å². The highest BCUT2D eigenvalue weighted by Crippen LogP contribution is 2.37. The monoisotopic (exact) mass is 293 g/mol. The molecule has 0 aliphatic carbocycles. The number of aromatic nitrogens is 2. The van der Waals surface area contributed by atoms with Crippen LogP contribution < -0.4 is 0 Å².